The molecule has 1 aliphatic carbocycles. The summed E-state index contributed by atoms with van der Waals surface area (Å²) in [6.07, 6.45) is 0. The lowest BCUT2D eigenvalue weighted by Gasteiger charge is -2.33. The Bertz CT molecular complexity index is 1020. The highest BCUT2D eigenvalue weighted by atomic mass is 35.5. The van der Waals surface area contributed by atoms with Crippen molar-refractivity contribution in [2.75, 3.05) is 0 Å². The number of aliphatic hydroxyl groups is 1. The summed E-state index contributed by atoms with van der Waals surface area (Å²) in [7, 11) is 0. The molecule has 2 N–H and O–H groups in total. The molecule has 132 valence electrons. The number of hydrogen-bond acceptors (Lipinski definition) is 6. The molecule has 2 aliphatic rings. The molecule has 2 atom stereocenters. The Labute approximate surface area is 151 Å². The van der Waals surface area contributed by atoms with E-state index in [4.69, 9.17) is 16.3 Å². The van der Waals surface area contributed by atoms with Gasteiger partial charge in [0, 0.05) is 29.1 Å². The van der Waals surface area contributed by atoms with Crippen molar-refractivity contribution in [3.63, 3.8) is 0 Å². The van der Waals surface area contributed by atoms with Crippen molar-refractivity contribution in [3.8, 4) is 5.75 Å². The summed E-state index contributed by atoms with van der Waals surface area (Å²) in [5.41, 5.74) is -2.72. The van der Waals surface area contributed by atoms with Gasteiger partial charge >= 0.3 is 0 Å². The number of fused-ring (bicyclic) bond motifs is 5. The van der Waals surface area contributed by atoms with Gasteiger partial charge < -0.3 is 15.2 Å². The third kappa shape index (κ3) is 1.77. The van der Waals surface area contributed by atoms with Crippen LogP contribution in [0.1, 0.15) is 28.4 Å². The van der Waals surface area contributed by atoms with E-state index in [1.54, 1.807) is 0 Å². The van der Waals surface area contributed by atoms with E-state index in [2.05, 4.69) is 5.32 Å². The third-order valence-electron chi connectivity index (χ3n) is 4.64. The number of amides is 1. The molecule has 1 amide bonds. The number of hydrogen-bond donors (Lipinski definition) is 2. The fourth-order valence-corrected chi connectivity index (χ4v) is 3.90. The lowest BCUT2D eigenvalue weighted by molar-refractivity contribution is -0.388. The van der Waals surface area contributed by atoms with Crippen LogP contribution in [0.4, 0.5) is 5.69 Å². The first-order valence-electron chi connectivity index (χ1n) is 7.55. The summed E-state index contributed by atoms with van der Waals surface area (Å²) in [5, 5.41) is 25.6. The summed E-state index contributed by atoms with van der Waals surface area (Å²) >= 11 is 5.95. The second kappa shape index (κ2) is 5.03. The third-order valence-corrected chi connectivity index (χ3v) is 4.88. The van der Waals surface area contributed by atoms with Gasteiger partial charge in [0.25, 0.3) is 11.5 Å². The number of nitro benzene ring substituents is 1. The summed E-state index contributed by atoms with van der Waals surface area (Å²) in [4.78, 5) is 35.9. The Balaban J connectivity index is 2.10. The van der Waals surface area contributed by atoms with Gasteiger partial charge in [-0.1, -0.05) is 29.8 Å². The average Bonchev–Trinajstić information content (AvgIpc) is 2.91. The summed E-state index contributed by atoms with van der Waals surface area (Å²) in [5.74, 6) is -3.72. The van der Waals surface area contributed by atoms with E-state index in [-0.39, 0.29) is 27.5 Å². The van der Waals surface area contributed by atoms with Crippen molar-refractivity contribution in [2.24, 2.45) is 0 Å². The number of carbonyl (C=O) groups is 2. The van der Waals surface area contributed by atoms with E-state index in [1.165, 1.54) is 37.3 Å². The maximum Gasteiger partial charge on any atom is 0.280 e. The Morgan fingerprint density at radius 1 is 1.35 bits per heavy atom. The molecule has 0 spiro atoms. The minimum Gasteiger partial charge on any atom is -0.454 e. The normalized spacial score (nSPS) is 25.1. The predicted molar refractivity (Wildman–Crippen MR) is 88.9 cm³/mol. The fraction of sp³-hybridized carbons (Fsp3) is 0.176. The molecule has 4 rings (SSSR count). The number of benzene rings is 2. The smallest absolute Gasteiger partial charge is 0.280 e. The van der Waals surface area contributed by atoms with Crippen LogP contribution < -0.4 is 10.1 Å². The van der Waals surface area contributed by atoms with Crippen molar-refractivity contribution >= 4 is 29.0 Å². The Morgan fingerprint density at radius 3 is 2.73 bits per heavy atom. The average molecular weight is 375 g/mol. The van der Waals surface area contributed by atoms with Crippen molar-refractivity contribution in [1.82, 2.24) is 5.32 Å². The molecule has 2 aromatic rings. The van der Waals surface area contributed by atoms with Gasteiger partial charge in [-0.3, -0.25) is 19.7 Å². The molecule has 2 unspecified atom stereocenters. The molecule has 0 saturated heterocycles. The zero-order valence-corrected chi connectivity index (χ0v) is 14.0. The first-order valence-corrected chi connectivity index (χ1v) is 7.93. The van der Waals surface area contributed by atoms with Gasteiger partial charge in [-0.05, 0) is 12.1 Å². The van der Waals surface area contributed by atoms with Gasteiger partial charge in [-0.15, -0.1) is 0 Å². The number of carbonyl (C=O) groups excluding carboxylic acids is 2. The van der Waals surface area contributed by atoms with Gasteiger partial charge in [0.2, 0.25) is 17.2 Å². The van der Waals surface area contributed by atoms with E-state index < -0.39 is 33.6 Å². The van der Waals surface area contributed by atoms with E-state index in [0.717, 1.165) is 6.07 Å². The van der Waals surface area contributed by atoms with Crippen molar-refractivity contribution in [3.05, 3.63) is 68.2 Å². The molecule has 0 bridgehead atoms. The van der Waals surface area contributed by atoms with Crippen LogP contribution in [0.2, 0.25) is 5.02 Å². The molecule has 0 fully saturated rings. The van der Waals surface area contributed by atoms with E-state index >= 15 is 0 Å². The van der Waals surface area contributed by atoms with E-state index in [1.807, 2.05) is 0 Å². The van der Waals surface area contributed by atoms with Crippen LogP contribution in [0.15, 0.2) is 36.4 Å². The SMILES string of the molecule is CC(=O)NC12C(=O)c3cccc([N+](=O)[O-])c3C1(O)Oc1cc(Cl)ccc12. The number of nitro groups is 1. The highest BCUT2D eigenvalue weighted by Gasteiger charge is 2.73. The lowest BCUT2D eigenvalue weighted by atomic mass is 9.83. The summed E-state index contributed by atoms with van der Waals surface area (Å²) < 4.78 is 5.62. The monoisotopic (exact) mass is 374 g/mol. The van der Waals surface area contributed by atoms with E-state index in [9.17, 15) is 24.8 Å². The first kappa shape index (κ1) is 16.5. The minimum atomic E-state index is -2.47. The largest absolute Gasteiger partial charge is 0.454 e. The number of rotatable bonds is 2. The number of nitrogens with zero attached hydrogens (tertiary/aromatic N) is 1. The molecule has 2 aromatic carbocycles. The summed E-state index contributed by atoms with van der Waals surface area (Å²) in [6, 6.07) is 8.14. The number of halogens is 1. The summed E-state index contributed by atoms with van der Waals surface area (Å²) in [6.45, 7) is 1.17. The zero-order valence-electron chi connectivity index (χ0n) is 13.3. The van der Waals surface area contributed by atoms with Crippen LogP contribution in [0.5, 0.6) is 5.75 Å². The molecule has 9 heteroatoms. The van der Waals surface area contributed by atoms with Crippen LogP contribution in [-0.4, -0.2) is 21.7 Å². The van der Waals surface area contributed by atoms with Crippen LogP contribution in [0.25, 0.3) is 0 Å². The quantitative estimate of drug-likeness (QED) is 0.613. The highest BCUT2D eigenvalue weighted by Crippen LogP contribution is 2.60. The van der Waals surface area contributed by atoms with Crippen LogP contribution in [0, 0.1) is 10.1 Å². The molecule has 26 heavy (non-hydrogen) atoms. The lowest BCUT2D eigenvalue weighted by Crippen LogP contribution is -2.59. The molecule has 0 radical (unpaired) electrons. The van der Waals surface area contributed by atoms with Crippen LogP contribution in [-0.2, 0) is 16.1 Å². The molecule has 1 aliphatic heterocycles. The molecular weight excluding hydrogens is 364 g/mol. The van der Waals surface area contributed by atoms with Gasteiger partial charge in [0.15, 0.2) is 0 Å². The van der Waals surface area contributed by atoms with Crippen molar-refractivity contribution in [1.29, 1.82) is 0 Å². The fourth-order valence-electron chi connectivity index (χ4n) is 3.74. The van der Waals surface area contributed by atoms with Crippen molar-refractivity contribution in [2.45, 2.75) is 18.2 Å². The Hall–Kier alpha value is -2.97. The van der Waals surface area contributed by atoms with Crippen LogP contribution >= 0.6 is 11.6 Å². The second-order valence-corrected chi connectivity index (χ2v) is 6.54. The van der Waals surface area contributed by atoms with Gasteiger partial charge in [0.05, 0.1) is 4.92 Å². The first-order chi connectivity index (χ1) is 12.2. The van der Waals surface area contributed by atoms with Gasteiger partial charge in [-0.25, -0.2) is 0 Å². The van der Waals surface area contributed by atoms with Crippen molar-refractivity contribution < 1.29 is 24.4 Å². The highest BCUT2D eigenvalue weighted by molar-refractivity contribution is 6.30. The standard InChI is InChI=1S/C17H11ClN2O6/c1-8(21)19-16-11-6-5-9(18)7-13(11)26-17(16,23)14-10(15(16)22)3-2-4-12(14)20(24)25/h2-7,23H,1H3,(H,19,21). The molecular formula is C17H11ClN2O6. The van der Waals surface area contributed by atoms with Crippen LogP contribution in [0.3, 0.4) is 0 Å². The maximum atomic E-state index is 13.3. The topological polar surface area (TPSA) is 119 Å². The number of ketones is 1. The second-order valence-electron chi connectivity index (χ2n) is 6.10. The van der Waals surface area contributed by atoms with Gasteiger partial charge in [0.1, 0.15) is 11.3 Å². The minimum absolute atomic E-state index is 0.0610. The zero-order chi connectivity index (χ0) is 18.9. The number of Topliss-reactive ketones (excluding diaryl/α,β-unsaturated/α-hetero) is 1. The van der Waals surface area contributed by atoms with Gasteiger partial charge in [-0.2, -0.15) is 0 Å². The Morgan fingerprint density at radius 2 is 2.08 bits per heavy atom. The molecule has 0 saturated carbocycles. The van der Waals surface area contributed by atoms with E-state index in [0.29, 0.717) is 0 Å². The molecule has 8 nitrogen and oxygen atoms in total. The molecule has 0 aromatic heterocycles. The predicted octanol–water partition coefficient (Wildman–Crippen LogP) is 2.01. The number of ether oxygens (including phenoxy) is 1. The number of nitrogens with one attached hydrogen (secondary N) is 1. The molecule has 1 heterocycles. The Kier molecular flexibility index (Phi) is 3.19. The maximum absolute atomic E-state index is 13.3.